The molecule has 8 rings (SSSR count). The van der Waals surface area contributed by atoms with Gasteiger partial charge in [0.1, 0.15) is 23.6 Å². The zero-order valence-electron chi connectivity index (χ0n) is 27.2. The molecule has 3 heterocycles. The number of aliphatic hydroxyl groups excluding tert-OH is 1. The Labute approximate surface area is 281 Å². The van der Waals surface area contributed by atoms with Gasteiger partial charge in [0.15, 0.2) is 13.6 Å². The van der Waals surface area contributed by atoms with Crippen LogP contribution in [0.4, 0.5) is 17.6 Å². The van der Waals surface area contributed by atoms with Crippen molar-refractivity contribution < 1.29 is 54.2 Å². The molecule has 2 aromatic rings. The first-order valence-electron chi connectivity index (χ1n) is 16.1. The second-order valence-electron chi connectivity index (χ2n) is 14.4. The number of alkyl halides is 4. The highest BCUT2D eigenvalue weighted by Crippen LogP contribution is 2.74. The van der Waals surface area contributed by atoms with Crippen molar-refractivity contribution in [1.29, 1.82) is 0 Å². The van der Waals surface area contributed by atoms with E-state index in [0.717, 1.165) is 17.7 Å². The highest BCUT2D eigenvalue weighted by atomic mass is 32.2. The number of aliphatic hydroxyl groups is 1. The maximum absolute atomic E-state index is 18.2. The van der Waals surface area contributed by atoms with Crippen LogP contribution in [-0.2, 0) is 35.5 Å². The average molecular weight is 711 g/mol. The van der Waals surface area contributed by atoms with E-state index in [1.165, 1.54) is 10.7 Å². The minimum Gasteiger partial charge on any atom is -0.390 e. The molecule has 3 saturated carbocycles. The SMILES string of the molecule is C#C.C[C@@H]1C[C@H]2[C@@H]3CCC4=Cc5c(cnn5-c5cccc(OS(=O)(=O)C(F)(F)F)c5)C[C@]4(C)[C@@]3(F)[C@@H](O)C[C@]2(C)[C@]12OCOC21COCO1. The summed E-state index contributed by atoms with van der Waals surface area (Å²) >= 11 is 0. The zero-order valence-corrected chi connectivity index (χ0v) is 28.0. The lowest BCUT2D eigenvalue weighted by Crippen LogP contribution is -2.72. The number of aromatic nitrogens is 2. The van der Waals surface area contributed by atoms with E-state index in [4.69, 9.17) is 18.9 Å². The smallest absolute Gasteiger partial charge is 0.390 e. The second-order valence-corrected chi connectivity index (χ2v) is 16.0. The molecule has 1 aromatic carbocycles. The molecule has 2 saturated heterocycles. The van der Waals surface area contributed by atoms with Crippen molar-refractivity contribution in [3.8, 4) is 24.3 Å². The second kappa shape index (κ2) is 11.0. The van der Waals surface area contributed by atoms with Gasteiger partial charge >= 0.3 is 15.6 Å². The third-order valence-corrected chi connectivity index (χ3v) is 13.5. The van der Waals surface area contributed by atoms with Crippen molar-refractivity contribution in [2.45, 2.75) is 81.5 Å². The van der Waals surface area contributed by atoms with Gasteiger partial charge in [0.2, 0.25) is 5.79 Å². The lowest BCUT2D eigenvalue weighted by molar-refractivity contribution is -0.279. The first-order chi connectivity index (χ1) is 23.0. The van der Waals surface area contributed by atoms with Crippen LogP contribution in [0.3, 0.4) is 0 Å². The number of hydrogen-bond donors (Lipinski definition) is 1. The van der Waals surface area contributed by atoms with E-state index in [-0.39, 0.29) is 50.6 Å². The molecule has 1 aromatic heterocycles. The molecule has 5 fully saturated rings. The van der Waals surface area contributed by atoms with Gasteiger partial charge < -0.3 is 28.2 Å². The summed E-state index contributed by atoms with van der Waals surface area (Å²) in [5.41, 5.74) is -7.82. The van der Waals surface area contributed by atoms with Crippen LogP contribution in [0.5, 0.6) is 5.75 Å². The van der Waals surface area contributed by atoms with Gasteiger partial charge in [0, 0.05) is 22.8 Å². The third-order valence-electron chi connectivity index (χ3n) is 12.5. The van der Waals surface area contributed by atoms with E-state index in [2.05, 4.69) is 36.0 Å². The fourth-order valence-corrected chi connectivity index (χ4v) is 11.1. The summed E-state index contributed by atoms with van der Waals surface area (Å²) in [6.07, 6.45) is 12.2. The Kier molecular flexibility index (Phi) is 7.73. The minimum atomic E-state index is -5.86. The molecular formula is C34H38F4N2O8S. The summed E-state index contributed by atoms with van der Waals surface area (Å²) in [4.78, 5) is 0. The molecule has 0 bridgehead atoms. The molecule has 1 N–H and O–H groups in total. The largest absolute Gasteiger partial charge is 0.534 e. The molecule has 1 unspecified atom stereocenters. The van der Waals surface area contributed by atoms with E-state index in [1.807, 2.05) is 13.0 Å². The van der Waals surface area contributed by atoms with Crippen molar-refractivity contribution >= 4 is 16.2 Å². The van der Waals surface area contributed by atoms with E-state index in [9.17, 15) is 26.7 Å². The Bertz CT molecular complexity index is 1820. The Balaban J connectivity index is 0.00000186. The van der Waals surface area contributed by atoms with Gasteiger partial charge in [-0.3, -0.25) is 0 Å². The van der Waals surface area contributed by atoms with Crippen LogP contribution in [0, 0.1) is 41.4 Å². The molecule has 2 aliphatic heterocycles. The van der Waals surface area contributed by atoms with E-state index >= 15 is 4.39 Å². The molecule has 49 heavy (non-hydrogen) atoms. The predicted octanol–water partition coefficient (Wildman–Crippen LogP) is 5.28. The van der Waals surface area contributed by atoms with Gasteiger partial charge in [-0.25, -0.2) is 9.07 Å². The van der Waals surface area contributed by atoms with Crippen LogP contribution < -0.4 is 4.18 Å². The van der Waals surface area contributed by atoms with Crippen molar-refractivity contribution in [2.75, 3.05) is 20.2 Å². The lowest BCUT2D eigenvalue weighted by Gasteiger charge is -2.64. The van der Waals surface area contributed by atoms with Crippen LogP contribution in [0.1, 0.15) is 57.7 Å². The normalized spacial score (nSPS) is 40.9. The quantitative estimate of drug-likeness (QED) is 0.196. The van der Waals surface area contributed by atoms with Gasteiger partial charge in [-0.2, -0.15) is 26.7 Å². The van der Waals surface area contributed by atoms with Crippen LogP contribution >= 0.6 is 0 Å². The van der Waals surface area contributed by atoms with Gasteiger partial charge in [0.05, 0.1) is 23.7 Å². The molecule has 266 valence electrons. The summed E-state index contributed by atoms with van der Waals surface area (Å²) in [6, 6.07) is 5.18. The summed E-state index contributed by atoms with van der Waals surface area (Å²) < 4.78 is 110. The number of allylic oxidation sites excluding steroid dienone is 1. The Hall–Kier alpha value is -3.00. The third kappa shape index (κ3) is 4.31. The molecule has 4 aliphatic carbocycles. The van der Waals surface area contributed by atoms with Crippen molar-refractivity contribution in [3.05, 3.63) is 47.3 Å². The first kappa shape index (κ1) is 34.4. The van der Waals surface area contributed by atoms with Crippen molar-refractivity contribution in [3.63, 3.8) is 0 Å². The monoisotopic (exact) mass is 710 g/mol. The highest BCUT2D eigenvalue weighted by Gasteiger charge is 2.81. The maximum Gasteiger partial charge on any atom is 0.534 e. The topological polar surface area (TPSA) is 118 Å². The molecule has 15 heteroatoms. The fourth-order valence-electron chi connectivity index (χ4n) is 10.6. The van der Waals surface area contributed by atoms with Crippen molar-refractivity contribution in [1.82, 2.24) is 9.78 Å². The molecule has 9 atom stereocenters. The molecule has 0 radical (unpaired) electrons. The molecule has 10 nitrogen and oxygen atoms in total. The Morgan fingerprint density at radius 1 is 1.12 bits per heavy atom. The van der Waals surface area contributed by atoms with Gasteiger partial charge in [0.25, 0.3) is 0 Å². The number of terminal acetylenes is 1. The molecule has 2 spiro atoms. The van der Waals surface area contributed by atoms with E-state index < -0.39 is 61.3 Å². The summed E-state index contributed by atoms with van der Waals surface area (Å²) in [5.74, 6) is -2.31. The Morgan fingerprint density at radius 3 is 2.55 bits per heavy atom. The maximum atomic E-state index is 18.2. The van der Waals surface area contributed by atoms with Crippen LogP contribution in [0.2, 0.25) is 0 Å². The summed E-state index contributed by atoms with van der Waals surface area (Å²) in [7, 11) is -5.86. The van der Waals surface area contributed by atoms with Crippen molar-refractivity contribution in [2.24, 2.45) is 28.6 Å². The van der Waals surface area contributed by atoms with Crippen LogP contribution in [0.15, 0.2) is 36.0 Å². The van der Waals surface area contributed by atoms with Crippen LogP contribution in [-0.4, -0.2) is 72.2 Å². The minimum absolute atomic E-state index is 0.0298. The lowest BCUT2D eigenvalue weighted by atomic mass is 9.43. The predicted molar refractivity (Wildman–Crippen MR) is 166 cm³/mol. The number of hydrogen-bond acceptors (Lipinski definition) is 9. The Morgan fingerprint density at radius 2 is 1.86 bits per heavy atom. The van der Waals surface area contributed by atoms with Gasteiger partial charge in [-0.15, -0.1) is 12.8 Å². The number of benzene rings is 1. The number of fused-ring (bicyclic) bond motifs is 8. The number of nitrogens with zero attached hydrogens (tertiary/aromatic N) is 2. The van der Waals surface area contributed by atoms with Gasteiger partial charge in [-0.1, -0.05) is 32.4 Å². The van der Waals surface area contributed by atoms with E-state index in [0.29, 0.717) is 30.5 Å². The summed E-state index contributed by atoms with van der Waals surface area (Å²) in [6.45, 7) is 6.34. The van der Waals surface area contributed by atoms with Gasteiger partial charge in [-0.05, 0) is 67.7 Å². The first-order valence-corrected chi connectivity index (χ1v) is 17.5. The standard InChI is InChI=1S/C32H36F4N2O8S.C2H2/c1-18-9-24-23-8-7-20-10-25-19(14-37-38(25)21-5-4-6-22(11-21)46-47(40,41)32(34,35)36)12-27(20,2)30(23,33)26(39)13-28(24,3)31(18)29(44-17-45-31)15-42-16-43-29;1-2/h4-6,10-11,14,18,23-24,26,39H,7-9,12-13,15-17H2,1-3H3;1-2H/t18-,23+,24+,26+,27+,28+,29?,30+,31-;/m1./s1. The van der Waals surface area contributed by atoms with E-state index in [1.54, 1.807) is 12.3 Å². The zero-order chi connectivity index (χ0) is 35.4. The molecule has 0 amide bonds. The molecular weight excluding hydrogens is 672 g/mol. The number of ether oxygens (including phenoxy) is 4. The highest BCUT2D eigenvalue weighted by molar-refractivity contribution is 7.88. The number of rotatable bonds is 3. The van der Waals surface area contributed by atoms with Crippen LogP contribution in [0.25, 0.3) is 11.8 Å². The summed E-state index contributed by atoms with van der Waals surface area (Å²) in [5, 5.41) is 16.5. The number of halogens is 4. The average Bonchev–Trinajstić information content (AvgIpc) is 3.82. The fraction of sp³-hybridized carbons (Fsp3) is 0.618. The molecule has 6 aliphatic rings.